The first-order chi connectivity index (χ1) is 9.70. The van der Waals surface area contributed by atoms with Crippen molar-refractivity contribution < 1.29 is 17.2 Å². The maximum absolute atomic E-state index is 13.6. The molecule has 2 aromatic carbocycles. The molecule has 0 aliphatic rings. The van der Waals surface area contributed by atoms with E-state index in [9.17, 15) is 17.2 Å². The van der Waals surface area contributed by atoms with Gasteiger partial charge in [-0.25, -0.2) is 17.2 Å². The fourth-order valence-electron chi connectivity index (χ4n) is 2.00. The highest BCUT2D eigenvalue weighted by Crippen LogP contribution is 2.24. The quantitative estimate of drug-likeness (QED) is 0.939. The average Bonchev–Trinajstić information content (AvgIpc) is 2.37. The minimum atomic E-state index is -3.98. The van der Waals surface area contributed by atoms with Gasteiger partial charge in [0.1, 0.15) is 11.6 Å². The Morgan fingerprint density at radius 2 is 1.52 bits per heavy atom. The smallest absolute Gasteiger partial charge is 0.262 e. The van der Waals surface area contributed by atoms with Crippen LogP contribution in [-0.2, 0) is 10.0 Å². The molecule has 0 fully saturated rings. The second-order valence-corrected chi connectivity index (χ2v) is 6.58. The largest absolute Gasteiger partial charge is 0.277 e. The van der Waals surface area contributed by atoms with Crippen molar-refractivity contribution in [3.05, 3.63) is 58.7 Å². The second-order valence-electron chi connectivity index (χ2n) is 4.93. The molecule has 0 aromatic heterocycles. The van der Waals surface area contributed by atoms with Crippen LogP contribution >= 0.6 is 0 Å². The van der Waals surface area contributed by atoms with E-state index >= 15 is 0 Å². The summed E-state index contributed by atoms with van der Waals surface area (Å²) in [6, 6.07) is 5.87. The third-order valence-corrected chi connectivity index (χ3v) is 4.76. The molecule has 0 bridgehead atoms. The van der Waals surface area contributed by atoms with Gasteiger partial charge in [-0.05, 0) is 55.7 Å². The summed E-state index contributed by atoms with van der Waals surface area (Å²) in [5, 5.41) is 0. The van der Waals surface area contributed by atoms with Crippen LogP contribution in [0.4, 0.5) is 14.5 Å². The first-order valence-corrected chi connectivity index (χ1v) is 7.75. The van der Waals surface area contributed by atoms with Crippen molar-refractivity contribution >= 4 is 15.7 Å². The highest BCUT2D eigenvalue weighted by Gasteiger charge is 2.19. The normalized spacial score (nSPS) is 11.5. The lowest BCUT2D eigenvalue weighted by atomic mass is 10.1. The third kappa shape index (κ3) is 3.21. The van der Waals surface area contributed by atoms with Crippen molar-refractivity contribution in [1.82, 2.24) is 0 Å². The zero-order chi connectivity index (χ0) is 15.8. The Balaban J connectivity index is 2.48. The minimum Gasteiger partial charge on any atom is -0.277 e. The molecule has 0 unspecified atom stereocenters. The van der Waals surface area contributed by atoms with E-state index in [2.05, 4.69) is 4.72 Å². The highest BCUT2D eigenvalue weighted by molar-refractivity contribution is 7.92. The molecule has 112 valence electrons. The molecule has 0 spiro atoms. The van der Waals surface area contributed by atoms with Gasteiger partial charge in [0, 0.05) is 6.07 Å². The maximum atomic E-state index is 13.6. The summed E-state index contributed by atoms with van der Waals surface area (Å²) in [5.74, 6) is -1.55. The van der Waals surface area contributed by atoms with E-state index in [0.717, 1.165) is 29.3 Å². The fraction of sp³-hybridized carbons (Fsp3) is 0.200. The van der Waals surface area contributed by atoms with Gasteiger partial charge in [-0.2, -0.15) is 0 Å². The minimum absolute atomic E-state index is 0.0502. The standard InChI is InChI=1S/C15H15F2NO2S/c1-9-6-11(3)15(7-10(9)2)21(19,20)18-14-8-12(16)4-5-13(14)17/h4-8,18H,1-3H3. The van der Waals surface area contributed by atoms with E-state index in [1.807, 2.05) is 6.92 Å². The summed E-state index contributed by atoms with van der Waals surface area (Å²) in [7, 11) is -3.98. The van der Waals surface area contributed by atoms with Gasteiger partial charge < -0.3 is 0 Å². The maximum Gasteiger partial charge on any atom is 0.262 e. The van der Waals surface area contributed by atoms with Crippen LogP contribution in [0.3, 0.4) is 0 Å². The molecule has 2 aromatic rings. The van der Waals surface area contributed by atoms with Crippen LogP contribution in [0.1, 0.15) is 16.7 Å². The first-order valence-electron chi connectivity index (χ1n) is 6.26. The molecular formula is C15H15F2NO2S. The number of benzene rings is 2. The Kier molecular flexibility index (Phi) is 4.00. The number of aryl methyl sites for hydroxylation is 3. The molecule has 6 heteroatoms. The van der Waals surface area contributed by atoms with E-state index in [1.54, 1.807) is 19.9 Å². The number of sulfonamides is 1. The number of rotatable bonds is 3. The van der Waals surface area contributed by atoms with Crippen molar-refractivity contribution in [3.63, 3.8) is 0 Å². The van der Waals surface area contributed by atoms with Crippen LogP contribution in [0.2, 0.25) is 0 Å². The zero-order valence-electron chi connectivity index (χ0n) is 11.9. The van der Waals surface area contributed by atoms with E-state index in [4.69, 9.17) is 0 Å². The third-order valence-electron chi connectivity index (χ3n) is 3.25. The highest BCUT2D eigenvalue weighted by atomic mass is 32.2. The monoisotopic (exact) mass is 311 g/mol. The molecule has 0 aliphatic heterocycles. The lowest BCUT2D eigenvalue weighted by Crippen LogP contribution is -2.16. The molecular weight excluding hydrogens is 296 g/mol. The van der Waals surface area contributed by atoms with Gasteiger partial charge in [-0.1, -0.05) is 6.07 Å². The van der Waals surface area contributed by atoms with Crippen LogP contribution in [0.25, 0.3) is 0 Å². The van der Waals surface area contributed by atoms with Crippen LogP contribution in [0.5, 0.6) is 0 Å². The summed E-state index contributed by atoms with van der Waals surface area (Å²) in [6.07, 6.45) is 0. The van der Waals surface area contributed by atoms with Crippen LogP contribution < -0.4 is 4.72 Å². The Bertz CT molecular complexity index is 802. The SMILES string of the molecule is Cc1cc(C)c(S(=O)(=O)Nc2cc(F)ccc2F)cc1C. The van der Waals surface area contributed by atoms with Crippen molar-refractivity contribution in [3.8, 4) is 0 Å². The van der Waals surface area contributed by atoms with Gasteiger partial charge in [0.05, 0.1) is 10.6 Å². The van der Waals surface area contributed by atoms with Crippen molar-refractivity contribution in [2.24, 2.45) is 0 Å². The Morgan fingerprint density at radius 1 is 0.905 bits per heavy atom. The van der Waals surface area contributed by atoms with Crippen molar-refractivity contribution in [1.29, 1.82) is 0 Å². The number of halogens is 2. The van der Waals surface area contributed by atoms with Gasteiger partial charge in [0.25, 0.3) is 10.0 Å². The Hall–Kier alpha value is -1.95. The molecule has 0 amide bonds. The van der Waals surface area contributed by atoms with Crippen LogP contribution in [-0.4, -0.2) is 8.42 Å². The lowest BCUT2D eigenvalue weighted by molar-refractivity contribution is 0.594. The van der Waals surface area contributed by atoms with E-state index in [-0.39, 0.29) is 4.90 Å². The summed E-state index contributed by atoms with van der Waals surface area (Å²) < 4.78 is 53.5. The summed E-state index contributed by atoms with van der Waals surface area (Å²) in [6.45, 7) is 5.32. The Labute approximate surface area is 122 Å². The molecule has 0 aliphatic carbocycles. The van der Waals surface area contributed by atoms with Crippen molar-refractivity contribution in [2.45, 2.75) is 25.7 Å². The van der Waals surface area contributed by atoms with Crippen LogP contribution in [0, 0.1) is 32.4 Å². The van der Waals surface area contributed by atoms with Crippen LogP contribution in [0.15, 0.2) is 35.2 Å². The number of nitrogens with one attached hydrogen (secondary N) is 1. The van der Waals surface area contributed by atoms with Gasteiger partial charge in [0.2, 0.25) is 0 Å². The van der Waals surface area contributed by atoms with Gasteiger partial charge in [-0.3, -0.25) is 4.72 Å². The molecule has 2 rings (SSSR count). The summed E-state index contributed by atoms with van der Waals surface area (Å²) in [4.78, 5) is 0.0502. The topological polar surface area (TPSA) is 46.2 Å². The van der Waals surface area contributed by atoms with Gasteiger partial charge in [0.15, 0.2) is 0 Å². The first kappa shape index (κ1) is 15.4. The molecule has 0 radical (unpaired) electrons. The molecule has 0 saturated heterocycles. The number of hydrogen-bond donors (Lipinski definition) is 1. The summed E-state index contributed by atoms with van der Waals surface area (Å²) >= 11 is 0. The molecule has 21 heavy (non-hydrogen) atoms. The molecule has 0 saturated carbocycles. The van der Waals surface area contributed by atoms with Gasteiger partial charge in [-0.15, -0.1) is 0 Å². The fourth-order valence-corrected chi connectivity index (χ4v) is 3.37. The number of anilines is 1. The van der Waals surface area contributed by atoms with Gasteiger partial charge >= 0.3 is 0 Å². The molecule has 0 atom stereocenters. The second kappa shape index (κ2) is 5.44. The molecule has 1 N–H and O–H groups in total. The average molecular weight is 311 g/mol. The summed E-state index contributed by atoms with van der Waals surface area (Å²) in [5.41, 5.74) is 1.90. The van der Waals surface area contributed by atoms with Crippen molar-refractivity contribution in [2.75, 3.05) is 4.72 Å². The van der Waals surface area contributed by atoms with E-state index in [1.165, 1.54) is 6.07 Å². The van der Waals surface area contributed by atoms with E-state index in [0.29, 0.717) is 5.56 Å². The predicted molar refractivity (Wildman–Crippen MR) is 77.8 cm³/mol. The molecule has 0 heterocycles. The molecule has 3 nitrogen and oxygen atoms in total. The lowest BCUT2D eigenvalue weighted by Gasteiger charge is -2.13. The number of hydrogen-bond acceptors (Lipinski definition) is 2. The Morgan fingerprint density at radius 3 is 2.19 bits per heavy atom. The van der Waals surface area contributed by atoms with E-state index < -0.39 is 27.3 Å². The predicted octanol–water partition coefficient (Wildman–Crippen LogP) is 3.69. The zero-order valence-corrected chi connectivity index (χ0v) is 12.7.